The zero-order chi connectivity index (χ0) is 11.4. The van der Waals surface area contributed by atoms with Crippen molar-refractivity contribution in [3.63, 3.8) is 0 Å². The highest BCUT2D eigenvalue weighted by Crippen LogP contribution is 2.07. The van der Waals surface area contributed by atoms with E-state index < -0.39 is 18.7 Å². The van der Waals surface area contributed by atoms with Crippen LogP contribution < -0.4 is 5.46 Å². The molecular weight excluding hydrogens is 198 g/mol. The van der Waals surface area contributed by atoms with E-state index in [9.17, 15) is 14.2 Å². The Morgan fingerprint density at radius 2 is 2.27 bits per heavy atom. The Bertz CT molecular complexity index is 366. The van der Waals surface area contributed by atoms with Crippen LogP contribution in [0.2, 0.25) is 6.82 Å². The molecule has 1 N–H and O–H groups in total. The Morgan fingerprint density at radius 3 is 2.80 bits per heavy atom. The number of benzene rings is 1. The Kier molecular flexibility index (Phi) is 3.85. The van der Waals surface area contributed by atoms with E-state index in [2.05, 4.69) is 4.74 Å². The molecule has 0 amide bonds. The van der Waals surface area contributed by atoms with Gasteiger partial charge in [0.1, 0.15) is 5.82 Å². The van der Waals surface area contributed by atoms with Gasteiger partial charge in [0.05, 0.1) is 12.2 Å². The van der Waals surface area contributed by atoms with Crippen LogP contribution in [0, 0.1) is 5.82 Å². The summed E-state index contributed by atoms with van der Waals surface area (Å²) in [4.78, 5) is 11.3. The number of hydrogen-bond acceptors (Lipinski definition) is 3. The van der Waals surface area contributed by atoms with Gasteiger partial charge in [-0.25, -0.2) is 9.18 Å². The Labute approximate surface area is 88.0 Å². The van der Waals surface area contributed by atoms with Gasteiger partial charge in [-0.15, -0.1) is 0 Å². The zero-order valence-electron chi connectivity index (χ0n) is 8.66. The maximum Gasteiger partial charge on any atom is 0.341 e. The van der Waals surface area contributed by atoms with Gasteiger partial charge in [-0.1, -0.05) is 19.0 Å². The third kappa shape index (κ3) is 2.56. The molecule has 0 heterocycles. The molecule has 0 atom stereocenters. The second kappa shape index (κ2) is 4.93. The summed E-state index contributed by atoms with van der Waals surface area (Å²) in [6.07, 6.45) is 0. The van der Waals surface area contributed by atoms with Crippen LogP contribution in [-0.4, -0.2) is 24.5 Å². The van der Waals surface area contributed by atoms with Crippen LogP contribution in [0.5, 0.6) is 0 Å². The molecule has 0 saturated heterocycles. The molecule has 1 aromatic rings. The maximum atomic E-state index is 13.6. The summed E-state index contributed by atoms with van der Waals surface area (Å²) >= 11 is 0. The van der Waals surface area contributed by atoms with Crippen LogP contribution in [0.1, 0.15) is 17.3 Å². The first-order valence-corrected chi connectivity index (χ1v) is 4.71. The summed E-state index contributed by atoms with van der Waals surface area (Å²) in [6.45, 7) is 2.33. The summed E-state index contributed by atoms with van der Waals surface area (Å²) < 4.78 is 18.3. The number of esters is 1. The Hall–Kier alpha value is -1.36. The van der Waals surface area contributed by atoms with Gasteiger partial charge < -0.3 is 9.76 Å². The summed E-state index contributed by atoms with van der Waals surface area (Å²) in [5.41, 5.74) is -0.0456. The fourth-order valence-corrected chi connectivity index (χ4v) is 1.24. The van der Waals surface area contributed by atoms with E-state index in [-0.39, 0.29) is 17.6 Å². The van der Waals surface area contributed by atoms with Gasteiger partial charge in [-0.05, 0) is 18.5 Å². The molecule has 0 radical (unpaired) electrons. The third-order valence-electron chi connectivity index (χ3n) is 1.97. The SMILES string of the molecule is CCOC(=O)c1cccc(B(C)O)c1F. The molecule has 3 nitrogen and oxygen atoms in total. The van der Waals surface area contributed by atoms with Gasteiger partial charge in [0.15, 0.2) is 0 Å². The fourth-order valence-electron chi connectivity index (χ4n) is 1.24. The normalized spacial score (nSPS) is 9.87. The van der Waals surface area contributed by atoms with Crippen molar-refractivity contribution in [1.29, 1.82) is 0 Å². The topological polar surface area (TPSA) is 46.5 Å². The molecule has 0 spiro atoms. The summed E-state index contributed by atoms with van der Waals surface area (Å²) in [5.74, 6) is -1.43. The molecule has 0 bridgehead atoms. The minimum atomic E-state index is -0.945. The molecule has 0 aliphatic carbocycles. The van der Waals surface area contributed by atoms with E-state index >= 15 is 0 Å². The number of carbonyl (C=O) groups is 1. The van der Waals surface area contributed by atoms with E-state index in [4.69, 9.17) is 0 Å². The lowest BCUT2D eigenvalue weighted by atomic mass is 9.64. The minimum absolute atomic E-state index is 0.0977. The van der Waals surface area contributed by atoms with Crippen molar-refractivity contribution in [3.05, 3.63) is 29.6 Å². The van der Waals surface area contributed by atoms with Crippen LogP contribution in [0.4, 0.5) is 4.39 Å². The summed E-state index contributed by atoms with van der Waals surface area (Å²) in [6, 6.07) is 4.28. The first-order valence-electron chi connectivity index (χ1n) is 4.71. The van der Waals surface area contributed by atoms with Crippen molar-refractivity contribution < 1.29 is 18.9 Å². The standard InChI is InChI=1S/C10H12BFO3/c1-3-15-10(13)7-5-4-6-8(9(7)12)11(2)14/h4-6,14H,3H2,1-2H3. The van der Waals surface area contributed by atoms with Crippen LogP contribution in [0.3, 0.4) is 0 Å². The quantitative estimate of drug-likeness (QED) is 0.593. The molecule has 0 saturated carbocycles. The monoisotopic (exact) mass is 210 g/mol. The average molecular weight is 210 g/mol. The van der Waals surface area contributed by atoms with Crippen molar-refractivity contribution in [2.75, 3.05) is 6.61 Å². The number of ether oxygens (including phenoxy) is 1. The fraction of sp³-hybridized carbons (Fsp3) is 0.300. The van der Waals surface area contributed by atoms with E-state index in [0.717, 1.165) is 0 Å². The lowest BCUT2D eigenvalue weighted by molar-refractivity contribution is 0.0521. The molecule has 0 aliphatic heterocycles. The van der Waals surface area contributed by atoms with Crippen molar-refractivity contribution in [1.82, 2.24) is 0 Å². The first-order chi connectivity index (χ1) is 7.07. The van der Waals surface area contributed by atoms with Gasteiger partial charge in [-0.2, -0.15) is 0 Å². The van der Waals surface area contributed by atoms with Crippen molar-refractivity contribution in [3.8, 4) is 0 Å². The third-order valence-corrected chi connectivity index (χ3v) is 1.97. The summed E-state index contributed by atoms with van der Waals surface area (Å²) in [5, 5.41) is 9.25. The van der Waals surface area contributed by atoms with Crippen molar-refractivity contribution >= 4 is 18.3 Å². The van der Waals surface area contributed by atoms with Crippen LogP contribution in [0.25, 0.3) is 0 Å². The average Bonchev–Trinajstić information content (AvgIpc) is 2.17. The second-order valence-corrected chi connectivity index (χ2v) is 3.11. The molecular formula is C10H12BFO3. The molecule has 0 aromatic heterocycles. The van der Waals surface area contributed by atoms with Crippen LogP contribution >= 0.6 is 0 Å². The largest absolute Gasteiger partial charge is 0.462 e. The van der Waals surface area contributed by atoms with Crippen molar-refractivity contribution in [2.45, 2.75) is 13.7 Å². The lowest BCUT2D eigenvalue weighted by Crippen LogP contribution is -2.31. The van der Waals surface area contributed by atoms with Gasteiger partial charge in [0.2, 0.25) is 0 Å². The number of carbonyl (C=O) groups excluding carboxylic acids is 1. The number of rotatable bonds is 3. The van der Waals surface area contributed by atoms with Crippen LogP contribution in [-0.2, 0) is 4.74 Å². The molecule has 0 aliphatic rings. The van der Waals surface area contributed by atoms with Gasteiger partial charge in [-0.3, -0.25) is 0 Å². The van der Waals surface area contributed by atoms with E-state index in [1.807, 2.05) is 0 Å². The number of halogens is 1. The smallest absolute Gasteiger partial charge is 0.341 e. The predicted octanol–water partition coefficient (Wildman–Crippen LogP) is 0.823. The molecule has 1 aromatic carbocycles. The van der Waals surface area contributed by atoms with E-state index in [1.165, 1.54) is 25.0 Å². The predicted molar refractivity (Wildman–Crippen MR) is 55.8 cm³/mol. The maximum absolute atomic E-state index is 13.6. The Balaban J connectivity index is 3.09. The molecule has 0 unspecified atom stereocenters. The molecule has 5 heteroatoms. The van der Waals surface area contributed by atoms with E-state index in [0.29, 0.717) is 0 Å². The van der Waals surface area contributed by atoms with Gasteiger partial charge in [0, 0.05) is 0 Å². The number of hydrogen-bond donors (Lipinski definition) is 1. The lowest BCUT2D eigenvalue weighted by Gasteiger charge is -2.07. The molecule has 1 rings (SSSR count). The Morgan fingerprint density at radius 1 is 1.60 bits per heavy atom. The first kappa shape index (κ1) is 11.7. The van der Waals surface area contributed by atoms with Crippen molar-refractivity contribution in [2.24, 2.45) is 0 Å². The summed E-state index contributed by atoms with van der Waals surface area (Å²) in [7, 11) is 0. The minimum Gasteiger partial charge on any atom is -0.462 e. The molecule has 0 fully saturated rings. The highest BCUT2D eigenvalue weighted by Gasteiger charge is 2.19. The molecule has 15 heavy (non-hydrogen) atoms. The molecule has 80 valence electrons. The van der Waals surface area contributed by atoms with Crippen LogP contribution in [0.15, 0.2) is 18.2 Å². The van der Waals surface area contributed by atoms with Gasteiger partial charge in [0.25, 0.3) is 0 Å². The zero-order valence-corrected chi connectivity index (χ0v) is 8.66. The second-order valence-electron chi connectivity index (χ2n) is 3.11. The highest BCUT2D eigenvalue weighted by atomic mass is 19.1. The van der Waals surface area contributed by atoms with E-state index in [1.54, 1.807) is 6.92 Å². The highest BCUT2D eigenvalue weighted by molar-refractivity contribution is 6.64. The van der Waals surface area contributed by atoms with Gasteiger partial charge >= 0.3 is 12.9 Å².